The van der Waals surface area contributed by atoms with Gasteiger partial charge in [0.05, 0.1) is 0 Å². The molecule has 0 bridgehead atoms. The molecule has 0 aromatic heterocycles. The normalized spacial score (nSPS) is 7.67. The van der Waals surface area contributed by atoms with Crippen molar-refractivity contribution < 1.29 is 0 Å². The molecule has 0 nitrogen and oxygen atoms in total. The fourth-order valence-electron chi connectivity index (χ4n) is 0.919. The van der Waals surface area contributed by atoms with Gasteiger partial charge in [-0.1, -0.05) is 86.1 Å². The molecular weight excluding hydrogens is 180 g/mol. The van der Waals surface area contributed by atoms with Crippen molar-refractivity contribution in [3.63, 3.8) is 0 Å². The fourth-order valence-corrected chi connectivity index (χ4v) is 0.919. The van der Waals surface area contributed by atoms with E-state index in [-0.39, 0.29) is 0 Å². The molecule has 0 aliphatic heterocycles. The van der Waals surface area contributed by atoms with Crippen molar-refractivity contribution in [1.82, 2.24) is 0 Å². The third-order valence-electron chi connectivity index (χ3n) is 1.61. The maximum Gasteiger partial charge on any atom is -0.0398 e. The van der Waals surface area contributed by atoms with Gasteiger partial charge in [-0.15, -0.1) is 0 Å². The SMILES string of the molecule is CC.Cc1ccccc1.c1ccccc1. The molecule has 0 fully saturated rings. The van der Waals surface area contributed by atoms with Gasteiger partial charge in [0.15, 0.2) is 0 Å². The van der Waals surface area contributed by atoms with Crippen LogP contribution in [-0.2, 0) is 0 Å². The van der Waals surface area contributed by atoms with Crippen molar-refractivity contribution in [3.05, 3.63) is 72.3 Å². The number of aryl methyl sites for hydroxylation is 1. The fraction of sp³-hybridized carbons (Fsp3) is 0.200. The van der Waals surface area contributed by atoms with Crippen molar-refractivity contribution in [2.45, 2.75) is 20.8 Å². The lowest BCUT2D eigenvalue weighted by molar-refractivity contribution is 1.48. The van der Waals surface area contributed by atoms with Gasteiger partial charge in [-0.05, 0) is 6.92 Å². The first-order chi connectivity index (χ1) is 7.39. The summed E-state index contributed by atoms with van der Waals surface area (Å²) in [5.74, 6) is 0. The first-order valence-corrected chi connectivity index (χ1v) is 5.41. The van der Waals surface area contributed by atoms with Crippen LogP contribution in [0, 0.1) is 6.92 Å². The van der Waals surface area contributed by atoms with Crippen LogP contribution >= 0.6 is 0 Å². The van der Waals surface area contributed by atoms with Gasteiger partial charge >= 0.3 is 0 Å². The molecule has 0 N–H and O–H groups in total. The Hall–Kier alpha value is -1.56. The molecule has 2 aromatic carbocycles. The van der Waals surface area contributed by atoms with Crippen LogP contribution in [0.4, 0.5) is 0 Å². The average Bonchev–Trinajstić information content (AvgIpc) is 2.36. The van der Waals surface area contributed by atoms with E-state index in [9.17, 15) is 0 Å². The molecule has 0 aliphatic rings. The van der Waals surface area contributed by atoms with Crippen molar-refractivity contribution in [2.24, 2.45) is 0 Å². The first kappa shape index (κ1) is 13.4. The van der Waals surface area contributed by atoms with Gasteiger partial charge in [-0.2, -0.15) is 0 Å². The molecule has 0 atom stereocenters. The number of hydrogen-bond acceptors (Lipinski definition) is 0. The molecule has 0 spiro atoms. The molecule has 0 heterocycles. The monoisotopic (exact) mass is 200 g/mol. The molecule has 0 heteroatoms. The lowest BCUT2D eigenvalue weighted by Gasteiger charge is -1.82. The van der Waals surface area contributed by atoms with E-state index < -0.39 is 0 Å². The average molecular weight is 200 g/mol. The summed E-state index contributed by atoms with van der Waals surface area (Å²) in [6.07, 6.45) is 0. The van der Waals surface area contributed by atoms with Crippen LogP contribution in [-0.4, -0.2) is 0 Å². The second-order valence-corrected chi connectivity index (χ2v) is 2.81. The Labute approximate surface area is 93.6 Å². The molecule has 2 aromatic rings. The Morgan fingerprint density at radius 1 is 0.533 bits per heavy atom. The summed E-state index contributed by atoms with van der Waals surface area (Å²) in [5.41, 5.74) is 1.32. The van der Waals surface area contributed by atoms with Crippen LogP contribution in [0.15, 0.2) is 66.7 Å². The number of hydrogen-bond donors (Lipinski definition) is 0. The highest BCUT2D eigenvalue weighted by atomic mass is 13.8. The Morgan fingerprint density at radius 3 is 1.00 bits per heavy atom. The molecule has 2 rings (SSSR count). The topological polar surface area (TPSA) is 0 Å². The number of benzene rings is 2. The van der Waals surface area contributed by atoms with E-state index in [1.54, 1.807) is 0 Å². The smallest absolute Gasteiger partial charge is 0.0398 e. The van der Waals surface area contributed by atoms with E-state index in [2.05, 4.69) is 19.1 Å². The summed E-state index contributed by atoms with van der Waals surface area (Å²) in [7, 11) is 0. The Kier molecular flexibility index (Phi) is 9.43. The van der Waals surface area contributed by atoms with Gasteiger partial charge in [0.1, 0.15) is 0 Å². The summed E-state index contributed by atoms with van der Waals surface area (Å²) < 4.78 is 0. The highest BCUT2D eigenvalue weighted by molar-refractivity contribution is 5.11. The van der Waals surface area contributed by atoms with Crippen LogP contribution in [0.1, 0.15) is 19.4 Å². The second-order valence-electron chi connectivity index (χ2n) is 2.81. The molecule has 0 unspecified atom stereocenters. The van der Waals surface area contributed by atoms with Gasteiger partial charge in [0.2, 0.25) is 0 Å². The Bertz CT molecular complexity index is 271. The van der Waals surface area contributed by atoms with Crippen molar-refractivity contribution in [3.8, 4) is 0 Å². The third-order valence-corrected chi connectivity index (χ3v) is 1.61. The first-order valence-electron chi connectivity index (χ1n) is 5.41. The maximum atomic E-state index is 2.08. The highest BCUT2D eigenvalue weighted by Crippen LogP contribution is 1.92. The summed E-state index contributed by atoms with van der Waals surface area (Å²) in [6.45, 7) is 6.08. The predicted octanol–water partition coefficient (Wildman–Crippen LogP) is 4.71. The molecular formula is C15H20. The summed E-state index contributed by atoms with van der Waals surface area (Å²) in [4.78, 5) is 0. The Balaban J connectivity index is 0.000000227. The van der Waals surface area contributed by atoms with Crippen LogP contribution in [0.3, 0.4) is 0 Å². The van der Waals surface area contributed by atoms with Crippen molar-refractivity contribution in [2.75, 3.05) is 0 Å². The van der Waals surface area contributed by atoms with E-state index in [4.69, 9.17) is 0 Å². The molecule has 0 amide bonds. The van der Waals surface area contributed by atoms with Crippen LogP contribution in [0.2, 0.25) is 0 Å². The van der Waals surface area contributed by atoms with Gasteiger partial charge in [-0.3, -0.25) is 0 Å². The lowest BCUT2D eigenvalue weighted by atomic mass is 10.2. The molecule has 0 saturated carbocycles. The molecule has 0 radical (unpaired) electrons. The van der Waals surface area contributed by atoms with E-state index in [1.165, 1.54) is 5.56 Å². The van der Waals surface area contributed by atoms with Crippen LogP contribution in [0.5, 0.6) is 0 Å². The Morgan fingerprint density at radius 2 is 0.800 bits per heavy atom. The molecule has 15 heavy (non-hydrogen) atoms. The van der Waals surface area contributed by atoms with Gasteiger partial charge < -0.3 is 0 Å². The highest BCUT2D eigenvalue weighted by Gasteiger charge is 1.72. The van der Waals surface area contributed by atoms with Crippen molar-refractivity contribution >= 4 is 0 Å². The summed E-state index contributed by atoms with van der Waals surface area (Å²) >= 11 is 0. The minimum absolute atomic E-state index is 1.32. The van der Waals surface area contributed by atoms with Gasteiger partial charge in [-0.25, -0.2) is 0 Å². The zero-order valence-corrected chi connectivity index (χ0v) is 9.85. The van der Waals surface area contributed by atoms with Gasteiger partial charge in [0.25, 0.3) is 0 Å². The zero-order chi connectivity index (χ0) is 11.4. The summed E-state index contributed by atoms with van der Waals surface area (Å²) in [5, 5.41) is 0. The minimum Gasteiger partial charge on any atom is -0.0683 e. The largest absolute Gasteiger partial charge is 0.0683 e. The predicted molar refractivity (Wildman–Crippen MR) is 69.0 cm³/mol. The van der Waals surface area contributed by atoms with Crippen LogP contribution in [0.25, 0.3) is 0 Å². The van der Waals surface area contributed by atoms with E-state index in [0.29, 0.717) is 0 Å². The van der Waals surface area contributed by atoms with E-state index in [1.807, 2.05) is 68.4 Å². The second kappa shape index (κ2) is 10.5. The van der Waals surface area contributed by atoms with Gasteiger partial charge in [0, 0.05) is 0 Å². The molecule has 0 aliphatic carbocycles. The van der Waals surface area contributed by atoms with Crippen molar-refractivity contribution in [1.29, 1.82) is 0 Å². The lowest BCUT2D eigenvalue weighted by Crippen LogP contribution is -1.62. The zero-order valence-electron chi connectivity index (χ0n) is 9.85. The van der Waals surface area contributed by atoms with Crippen LogP contribution < -0.4 is 0 Å². The number of rotatable bonds is 0. The standard InChI is InChI=1S/C7H8.C6H6.C2H6/c1-7-5-3-2-4-6-7;1-2-4-6-5-3-1;1-2/h2-6H,1H3;1-6H;1-2H3. The summed E-state index contributed by atoms with van der Waals surface area (Å²) in [6, 6.07) is 22.3. The third kappa shape index (κ3) is 8.76. The maximum absolute atomic E-state index is 2.08. The quantitative estimate of drug-likeness (QED) is 0.578. The minimum atomic E-state index is 1.32. The molecule has 80 valence electrons. The molecule has 0 saturated heterocycles. The van der Waals surface area contributed by atoms with E-state index in [0.717, 1.165) is 0 Å². The van der Waals surface area contributed by atoms with E-state index >= 15 is 0 Å².